The summed E-state index contributed by atoms with van der Waals surface area (Å²) < 4.78 is 5.25. The van der Waals surface area contributed by atoms with Crippen LogP contribution in [0.1, 0.15) is 52.8 Å². The Balaban J connectivity index is 2.66. The number of hydrogen-bond acceptors (Lipinski definition) is 4. The van der Waals surface area contributed by atoms with E-state index in [2.05, 4.69) is 15.6 Å². The van der Waals surface area contributed by atoms with Gasteiger partial charge in [0.05, 0.1) is 12.0 Å². The number of ether oxygens (including phenoxy) is 1. The first-order valence-electron chi connectivity index (χ1n) is 8.61. The minimum absolute atomic E-state index is 0.104. The van der Waals surface area contributed by atoms with Gasteiger partial charge < -0.3 is 15.4 Å². The molecule has 0 unspecified atom stereocenters. The summed E-state index contributed by atoms with van der Waals surface area (Å²) in [5.41, 5.74) is 0.638. The number of pyridine rings is 1. The van der Waals surface area contributed by atoms with Crippen LogP contribution in [0.25, 0.3) is 0 Å². The Kier molecular flexibility index (Phi) is 6.96. The SMILES string of the molecule is Cc1ccc(CC(=O)N[C@@](C)(CNC(=O)OC(C)(C)C)C(C)C)cn1. The van der Waals surface area contributed by atoms with E-state index in [1.165, 1.54) is 0 Å². The highest BCUT2D eigenvalue weighted by atomic mass is 16.6. The third-order valence-electron chi connectivity index (χ3n) is 4.04. The van der Waals surface area contributed by atoms with Gasteiger partial charge in [0.15, 0.2) is 0 Å². The first-order valence-corrected chi connectivity index (χ1v) is 8.61. The third-order valence-corrected chi connectivity index (χ3v) is 4.04. The molecule has 2 amide bonds. The Labute approximate surface area is 150 Å². The molecule has 0 saturated carbocycles. The maximum Gasteiger partial charge on any atom is 0.407 e. The molecule has 0 aliphatic heterocycles. The van der Waals surface area contributed by atoms with Crippen LogP contribution in [0.2, 0.25) is 0 Å². The molecule has 1 heterocycles. The highest BCUT2D eigenvalue weighted by Crippen LogP contribution is 2.16. The zero-order chi connectivity index (χ0) is 19.3. The molecule has 1 aromatic rings. The zero-order valence-electron chi connectivity index (χ0n) is 16.4. The number of rotatable bonds is 6. The molecule has 0 aromatic carbocycles. The maximum atomic E-state index is 12.4. The minimum Gasteiger partial charge on any atom is -0.444 e. The normalized spacial score (nSPS) is 13.9. The van der Waals surface area contributed by atoms with E-state index in [4.69, 9.17) is 4.74 Å². The molecule has 0 spiro atoms. The molecule has 6 nitrogen and oxygen atoms in total. The van der Waals surface area contributed by atoms with E-state index in [0.29, 0.717) is 0 Å². The molecule has 6 heteroatoms. The van der Waals surface area contributed by atoms with Crippen molar-refractivity contribution in [1.29, 1.82) is 0 Å². The average molecular weight is 349 g/mol. The van der Waals surface area contributed by atoms with Crippen LogP contribution in [-0.4, -0.2) is 34.7 Å². The lowest BCUT2D eigenvalue weighted by Crippen LogP contribution is -2.57. The number of carbonyl (C=O) groups is 2. The van der Waals surface area contributed by atoms with Crippen molar-refractivity contribution in [3.63, 3.8) is 0 Å². The molecule has 25 heavy (non-hydrogen) atoms. The van der Waals surface area contributed by atoms with Crippen molar-refractivity contribution in [3.05, 3.63) is 29.6 Å². The Morgan fingerprint density at radius 1 is 1.20 bits per heavy atom. The van der Waals surface area contributed by atoms with Crippen molar-refractivity contribution in [3.8, 4) is 0 Å². The fourth-order valence-electron chi connectivity index (χ4n) is 2.11. The third kappa shape index (κ3) is 7.54. The maximum absolute atomic E-state index is 12.4. The second kappa shape index (κ2) is 8.32. The summed E-state index contributed by atoms with van der Waals surface area (Å²) in [5, 5.41) is 5.79. The standard InChI is InChI=1S/C19H31N3O3/c1-13(2)19(7,12-21-17(24)25-18(4,5)6)22-16(23)10-15-9-8-14(3)20-11-15/h8-9,11,13H,10,12H2,1-7H3,(H,21,24)(H,22,23)/t19-/m0/s1. The fraction of sp³-hybridized carbons (Fsp3) is 0.632. The number of aryl methyl sites for hydroxylation is 1. The molecular formula is C19H31N3O3. The van der Waals surface area contributed by atoms with Crippen molar-refractivity contribution in [2.45, 2.75) is 66.0 Å². The lowest BCUT2D eigenvalue weighted by Gasteiger charge is -2.35. The van der Waals surface area contributed by atoms with Gasteiger partial charge >= 0.3 is 6.09 Å². The monoisotopic (exact) mass is 349 g/mol. The van der Waals surface area contributed by atoms with E-state index in [1.807, 2.05) is 60.6 Å². The van der Waals surface area contributed by atoms with Crippen molar-refractivity contribution >= 4 is 12.0 Å². The minimum atomic E-state index is -0.577. The second-order valence-electron chi connectivity index (χ2n) is 7.96. The van der Waals surface area contributed by atoms with Crippen molar-refractivity contribution in [2.75, 3.05) is 6.54 Å². The molecule has 140 valence electrons. The van der Waals surface area contributed by atoms with Crippen molar-refractivity contribution in [1.82, 2.24) is 15.6 Å². The molecule has 2 N–H and O–H groups in total. The summed E-state index contributed by atoms with van der Waals surface area (Å²) in [5.74, 6) is 0.0235. The van der Waals surface area contributed by atoms with Gasteiger partial charge in [-0.15, -0.1) is 0 Å². The van der Waals surface area contributed by atoms with Gasteiger partial charge in [0, 0.05) is 18.4 Å². The lowest BCUT2D eigenvalue weighted by molar-refractivity contribution is -0.122. The number of amides is 2. The summed E-state index contributed by atoms with van der Waals surface area (Å²) in [4.78, 5) is 28.5. The number of nitrogens with one attached hydrogen (secondary N) is 2. The molecule has 0 aliphatic rings. The van der Waals surface area contributed by atoms with Gasteiger partial charge in [0.2, 0.25) is 5.91 Å². The number of nitrogens with zero attached hydrogens (tertiary/aromatic N) is 1. The molecular weight excluding hydrogens is 318 g/mol. The van der Waals surface area contributed by atoms with Crippen LogP contribution in [0.3, 0.4) is 0 Å². The van der Waals surface area contributed by atoms with Crippen LogP contribution in [-0.2, 0) is 16.0 Å². The molecule has 1 aromatic heterocycles. The van der Waals surface area contributed by atoms with Crippen LogP contribution >= 0.6 is 0 Å². The average Bonchev–Trinajstić information content (AvgIpc) is 2.45. The van der Waals surface area contributed by atoms with Crippen LogP contribution < -0.4 is 10.6 Å². The molecule has 0 radical (unpaired) electrons. The summed E-state index contributed by atoms with van der Waals surface area (Å²) >= 11 is 0. The van der Waals surface area contributed by atoms with E-state index in [1.54, 1.807) is 6.20 Å². The molecule has 0 aliphatic carbocycles. The van der Waals surface area contributed by atoms with E-state index in [-0.39, 0.29) is 24.8 Å². The fourth-order valence-corrected chi connectivity index (χ4v) is 2.11. The zero-order valence-corrected chi connectivity index (χ0v) is 16.4. The van der Waals surface area contributed by atoms with E-state index in [9.17, 15) is 9.59 Å². The quantitative estimate of drug-likeness (QED) is 0.827. The lowest BCUT2D eigenvalue weighted by atomic mass is 9.88. The Morgan fingerprint density at radius 2 is 1.84 bits per heavy atom. The predicted molar refractivity (Wildman–Crippen MR) is 98.3 cm³/mol. The number of carbonyl (C=O) groups excluding carboxylic acids is 2. The summed E-state index contributed by atoms with van der Waals surface area (Å²) in [6.07, 6.45) is 1.47. The largest absolute Gasteiger partial charge is 0.444 e. The number of alkyl carbamates (subject to hydrolysis) is 1. The highest BCUT2D eigenvalue weighted by Gasteiger charge is 2.31. The summed E-state index contributed by atoms with van der Waals surface area (Å²) in [6, 6.07) is 3.78. The molecule has 0 bridgehead atoms. The van der Waals surface area contributed by atoms with E-state index < -0.39 is 17.2 Å². The van der Waals surface area contributed by atoms with Gasteiger partial charge in [-0.25, -0.2) is 4.79 Å². The van der Waals surface area contributed by atoms with Crippen molar-refractivity contribution in [2.24, 2.45) is 5.92 Å². The van der Waals surface area contributed by atoms with Crippen LogP contribution in [0.5, 0.6) is 0 Å². The summed E-state index contributed by atoms with van der Waals surface area (Å²) in [6.45, 7) is 13.6. The summed E-state index contributed by atoms with van der Waals surface area (Å²) in [7, 11) is 0. The number of aromatic nitrogens is 1. The Morgan fingerprint density at radius 3 is 2.32 bits per heavy atom. The smallest absolute Gasteiger partial charge is 0.407 e. The Hall–Kier alpha value is -2.11. The van der Waals surface area contributed by atoms with Gasteiger partial charge in [-0.1, -0.05) is 19.9 Å². The van der Waals surface area contributed by atoms with Gasteiger partial charge in [0.1, 0.15) is 5.60 Å². The molecule has 0 saturated heterocycles. The van der Waals surface area contributed by atoms with Gasteiger partial charge in [-0.3, -0.25) is 9.78 Å². The molecule has 0 fully saturated rings. The Bertz CT molecular complexity index is 591. The van der Waals surface area contributed by atoms with E-state index >= 15 is 0 Å². The van der Waals surface area contributed by atoms with Gasteiger partial charge in [0.25, 0.3) is 0 Å². The van der Waals surface area contributed by atoms with Crippen LogP contribution in [0.15, 0.2) is 18.3 Å². The second-order valence-corrected chi connectivity index (χ2v) is 7.96. The first kappa shape index (κ1) is 20.9. The topological polar surface area (TPSA) is 80.3 Å². The molecule has 1 atom stereocenters. The van der Waals surface area contributed by atoms with Gasteiger partial charge in [-0.05, 0) is 52.2 Å². The first-order chi connectivity index (χ1) is 11.4. The van der Waals surface area contributed by atoms with Gasteiger partial charge in [-0.2, -0.15) is 0 Å². The van der Waals surface area contributed by atoms with Crippen LogP contribution in [0.4, 0.5) is 4.79 Å². The predicted octanol–water partition coefficient (Wildman–Crippen LogP) is 2.99. The number of hydrogen-bond donors (Lipinski definition) is 2. The van der Waals surface area contributed by atoms with Crippen molar-refractivity contribution < 1.29 is 14.3 Å². The molecule has 1 rings (SSSR count). The van der Waals surface area contributed by atoms with Crippen LogP contribution in [0, 0.1) is 12.8 Å². The highest BCUT2D eigenvalue weighted by molar-refractivity contribution is 5.79. The van der Waals surface area contributed by atoms with E-state index in [0.717, 1.165) is 11.3 Å².